The van der Waals surface area contributed by atoms with E-state index in [9.17, 15) is 4.79 Å². The Labute approximate surface area is 89.9 Å². The molecule has 0 aliphatic heterocycles. The summed E-state index contributed by atoms with van der Waals surface area (Å²) in [6, 6.07) is 5.94. The van der Waals surface area contributed by atoms with Crippen molar-refractivity contribution in [3.63, 3.8) is 0 Å². The highest BCUT2D eigenvalue weighted by atomic mass is 16.2. The summed E-state index contributed by atoms with van der Waals surface area (Å²) in [6.07, 6.45) is 2.26. The average Bonchev–Trinajstić information content (AvgIpc) is 3.03. The number of carbonyl (C=O) groups is 1. The number of hydrogen-bond acceptors (Lipinski definition) is 2. The van der Waals surface area contributed by atoms with Crippen molar-refractivity contribution in [2.24, 2.45) is 0 Å². The minimum Gasteiger partial charge on any atom is -0.398 e. The van der Waals surface area contributed by atoms with Gasteiger partial charge in [-0.3, -0.25) is 4.79 Å². The molecule has 1 amide bonds. The van der Waals surface area contributed by atoms with Gasteiger partial charge < -0.3 is 10.6 Å². The van der Waals surface area contributed by atoms with Gasteiger partial charge in [0.15, 0.2) is 0 Å². The minimum absolute atomic E-state index is 0.0733. The molecule has 1 aliphatic carbocycles. The van der Waals surface area contributed by atoms with E-state index in [1.807, 2.05) is 31.0 Å². The standard InChI is InChI=1S/C12H16N2O/c1-8-3-4-9(7-11(8)13)12(15)14(2)10-5-6-10/h3-4,7,10H,5-6,13H2,1-2H3. The molecule has 2 rings (SSSR count). The minimum atomic E-state index is 0.0733. The number of nitrogens with zero attached hydrogens (tertiary/aromatic N) is 1. The molecule has 0 unspecified atom stereocenters. The van der Waals surface area contributed by atoms with Crippen molar-refractivity contribution in [1.29, 1.82) is 0 Å². The van der Waals surface area contributed by atoms with E-state index in [1.54, 1.807) is 6.07 Å². The fourth-order valence-electron chi connectivity index (χ4n) is 1.60. The van der Waals surface area contributed by atoms with Crippen LogP contribution in [0, 0.1) is 6.92 Å². The summed E-state index contributed by atoms with van der Waals surface area (Å²) < 4.78 is 0. The van der Waals surface area contributed by atoms with Gasteiger partial charge in [0.25, 0.3) is 5.91 Å². The van der Waals surface area contributed by atoms with E-state index >= 15 is 0 Å². The van der Waals surface area contributed by atoms with Crippen LogP contribution in [0.5, 0.6) is 0 Å². The Morgan fingerprint density at radius 2 is 2.13 bits per heavy atom. The Kier molecular flexibility index (Phi) is 2.39. The highest BCUT2D eigenvalue weighted by molar-refractivity contribution is 5.95. The second-order valence-corrected chi connectivity index (χ2v) is 4.22. The van der Waals surface area contributed by atoms with Gasteiger partial charge in [0.05, 0.1) is 0 Å². The molecule has 1 aromatic rings. The van der Waals surface area contributed by atoms with Crippen molar-refractivity contribution in [3.05, 3.63) is 29.3 Å². The van der Waals surface area contributed by atoms with Gasteiger partial charge in [-0.2, -0.15) is 0 Å². The lowest BCUT2D eigenvalue weighted by molar-refractivity contribution is 0.0785. The molecule has 0 radical (unpaired) electrons. The number of rotatable bonds is 2. The molecule has 1 saturated carbocycles. The van der Waals surface area contributed by atoms with Crippen LogP contribution in [0.3, 0.4) is 0 Å². The number of nitrogen functional groups attached to an aromatic ring is 1. The molecule has 3 nitrogen and oxygen atoms in total. The zero-order chi connectivity index (χ0) is 11.0. The van der Waals surface area contributed by atoms with Crippen molar-refractivity contribution >= 4 is 11.6 Å². The number of amides is 1. The predicted molar refractivity (Wildman–Crippen MR) is 60.7 cm³/mol. The Hall–Kier alpha value is -1.51. The van der Waals surface area contributed by atoms with Gasteiger partial charge in [-0.25, -0.2) is 0 Å². The van der Waals surface area contributed by atoms with E-state index in [2.05, 4.69) is 0 Å². The van der Waals surface area contributed by atoms with Gasteiger partial charge in [-0.1, -0.05) is 6.07 Å². The number of hydrogen-bond donors (Lipinski definition) is 1. The Morgan fingerprint density at radius 1 is 1.47 bits per heavy atom. The van der Waals surface area contributed by atoms with Crippen molar-refractivity contribution in [2.75, 3.05) is 12.8 Å². The van der Waals surface area contributed by atoms with E-state index in [-0.39, 0.29) is 5.91 Å². The Bertz CT molecular complexity index is 397. The smallest absolute Gasteiger partial charge is 0.253 e. The summed E-state index contributed by atoms with van der Waals surface area (Å²) in [5, 5.41) is 0. The maximum absolute atomic E-state index is 12.0. The maximum atomic E-state index is 12.0. The van der Waals surface area contributed by atoms with Crippen LogP contribution in [0.1, 0.15) is 28.8 Å². The van der Waals surface area contributed by atoms with E-state index in [1.165, 1.54) is 0 Å². The Balaban J connectivity index is 2.21. The maximum Gasteiger partial charge on any atom is 0.253 e. The molecule has 15 heavy (non-hydrogen) atoms. The third-order valence-corrected chi connectivity index (χ3v) is 2.94. The van der Waals surface area contributed by atoms with Crippen LogP contribution >= 0.6 is 0 Å². The molecule has 0 saturated heterocycles. The second-order valence-electron chi connectivity index (χ2n) is 4.22. The largest absolute Gasteiger partial charge is 0.398 e. The van der Waals surface area contributed by atoms with Crippen LogP contribution < -0.4 is 5.73 Å². The molecule has 1 aliphatic rings. The third-order valence-electron chi connectivity index (χ3n) is 2.94. The van der Waals surface area contributed by atoms with Crippen molar-refractivity contribution in [2.45, 2.75) is 25.8 Å². The number of nitrogens with two attached hydrogens (primary N) is 1. The Morgan fingerprint density at radius 3 is 2.67 bits per heavy atom. The summed E-state index contributed by atoms with van der Waals surface area (Å²) in [5.74, 6) is 0.0733. The highest BCUT2D eigenvalue weighted by Gasteiger charge is 2.30. The van der Waals surface area contributed by atoms with Gasteiger partial charge in [-0.05, 0) is 37.5 Å². The zero-order valence-electron chi connectivity index (χ0n) is 9.16. The van der Waals surface area contributed by atoms with Crippen LogP contribution in [-0.2, 0) is 0 Å². The van der Waals surface area contributed by atoms with E-state index in [0.717, 1.165) is 18.4 Å². The zero-order valence-corrected chi connectivity index (χ0v) is 9.16. The van der Waals surface area contributed by atoms with Gasteiger partial charge in [-0.15, -0.1) is 0 Å². The van der Waals surface area contributed by atoms with Crippen molar-refractivity contribution < 1.29 is 4.79 Å². The monoisotopic (exact) mass is 204 g/mol. The lowest BCUT2D eigenvalue weighted by Gasteiger charge is -2.16. The molecule has 0 spiro atoms. The fraction of sp³-hybridized carbons (Fsp3) is 0.417. The molecule has 3 heteroatoms. The predicted octanol–water partition coefficient (Wildman–Crippen LogP) is 1.81. The topological polar surface area (TPSA) is 46.3 Å². The van der Waals surface area contributed by atoms with Crippen LogP contribution in [0.25, 0.3) is 0 Å². The van der Waals surface area contributed by atoms with Crippen LogP contribution in [0.4, 0.5) is 5.69 Å². The fourth-order valence-corrected chi connectivity index (χ4v) is 1.60. The molecular weight excluding hydrogens is 188 g/mol. The van der Waals surface area contributed by atoms with E-state index in [4.69, 9.17) is 5.73 Å². The molecule has 1 fully saturated rings. The first-order chi connectivity index (χ1) is 7.09. The molecular formula is C12H16N2O. The van der Waals surface area contributed by atoms with Crippen molar-refractivity contribution in [1.82, 2.24) is 4.90 Å². The van der Waals surface area contributed by atoms with Crippen molar-refractivity contribution in [3.8, 4) is 0 Å². The molecule has 0 heterocycles. The molecule has 0 atom stereocenters. The van der Waals surface area contributed by atoms with Crippen LogP contribution in [0.2, 0.25) is 0 Å². The van der Waals surface area contributed by atoms with Crippen LogP contribution in [-0.4, -0.2) is 23.9 Å². The van der Waals surface area contributed by atoms with Gasteiger partial charge >= 0.3 is 0 Å². The summed E-state index contributed by atoms with van der Waals surface area (Å²) in [7, 11) is 1.86. The number of anilines is 1. The SMILES string of the molecule is Cc1ccc(C(=O)N(C)C2CC2)cc1N. The summed E-state index contributed by atoms with van der Waals surface area (Å²) in [5.41, 5.74) is 8.17. The number of aryl methyl sites for hydroxylation is 1. The van der Waals surface area contributed by atoms with Crippen LogP contribution in [0.15, 0.2) is 18.2 Å². The number of benzene rings is 1. The molecule has 1 aromatic carbocycles. The first kappa shape index (κ1) is 10.0. The summed E-state index contributed by atoms with van der Waals surface area (Å²) in [4.78, 5) is 13.8. The second kappa shape index (κ2) is 3.57. The lowest BCUT2D eigenvalue weighted by atomic mass is 10.1. The average molecular weight is 204 g/mol. The highest BCUT2D eigenvalue weighted by Crippen LogP contribution is 2.27. The summed E-state index contributed by atoms with van der Waals surface area (Å²) in [6.45, 7) is 1.94. The molecule has 80 valence electrons. The first-order valence-electron chi connectivity index (χ1n) is 5.23. The van der Waals surface area contributed by atoms with Gasteiger partial charge in [0, 0.05) is 24.3 Å². The molecule has 0 aromatic heterocycles. The quantitative estimate of drug-likeness (QED) is 0.747. The van der Waals surface area contributed by atoms with Gasteiger partial charge in [0.1, 0.15) is 0 Å². The molecule has 0 bridgehead atoms. The first-order valence-corrected chi connectivity index (χ1v) is 5.23. The van der Waals surface area contributed by atoms with E-state index in [0.29, 0.717) is 17.3 Å². The van der Waals surface area contributed by atoms with Gasteiger partial charge in [0.2, 0.25) is 0 Å². The normalized spacial score (nSPS) is 15.1. The number of carbonyl (C=O) groups excluding carboxylic acids is 1. The lowest BCUT2D eigenvalue weighted by Crippen LogP contribution is -2.28. The molecule has 2 N–H and O–H groups in total. The third kappa shape index (κ3) is 1.96. The summed E-state index contributed by atoms with van der Waals surface area (Å²) >= 11 is 0. The van der Waals surface area contributed by atoms with E-state index < -0.39 is 0 Å².